The summed E-state index contributed by atoms with van der Waals surface area (Å²) in [6, 6.07) is 4.60. The lowest BCUT2D eigenvalue weighted by Crippen LogP contribution is -2.56. The lowest BCUT2D eigenvalue weighted by Gasteiger charge is -2.36. The molecule has 0 radical (unpaired) electrons. The summed E-state index contributed by atoms with van der Waals surface area (Å²) >= 11 is 0. The number of nitrogens with one attached hydrogen (secondary N) is 1. The lowest BCUT2D eigenvalue weighted by atomic mass is 10.1. The van der Waals surface area contributed by atoms with Crippen LogP contribution in [-0.4, -0.2) is 74.7 Å². The van der Waals surface area contributed by atoms with Gasteiger partial charge in [-0.1, -0.05) is 0 Å². The molecule has 0 bridgehead atoms. The molecule has 2 N–H and O–H groups in total. The molecule has 8 nitrogen and oxygen atoms in total. The van der Waals surface area contributed by atoms with Crippen molar-refractivity contribution in [1.29, 1.82) is 0 Å². The molecule has 120 valence electrons. The van der Waals surface area contributed by atoms with Crippen molar-refractivity contribution in [1.82, 2.24) is 25.0 Å². The molecule has 1 aliphatic heterocycles. The average molecular weight is 315 g/mol. The van der Waals surface area contributed by atoms with Crippen LogP contribution in [0.3, 0.4) is 0 Å². The van der Waals surface area contributed by atoms with Gasteiger partial charge in [0.15, 0.2) is 0 Å². The largest absolute Gasteiger partial charge is 0.480 e. The fourth-order valence-corrected chi connectivity index (χ4v) is 2.60. The number of carboxylic acids is 1. The zero-order valence-corrected chi connectivity index (χ0v) is 12.6. The van der Waals surface area contributed by atoms with Gasteiger partial charge >= 0.3 is 5.97 Å². The Morgan fingerprint density at radius 3 is 2.74 bits per heavy atom. The van der Waals surface area contributed by atoms with Crippen LogP contribution < -0.4 is 0 Å². The van der Waals surface area contributed by atoms with Crippen LogP contribution in [0.15, 0.2) is 30.6 Å². The van der Waals surface area contributed by atoms with Crippen molar-refractivity contribution in [3.05, 3.63) is 36.3 Å². The van der Waals surface area contributed by atoms with E-state index in [0.29, 0.717) is 24.5 Å². The zero-order chi connectivity index (χ0) is 16.4. The zero-order valence-electron chi connectivity index (χ0n) is 12.6. The van der Waals surface area contributed by atoms with Crippen LogP contribution in [0.25, 0.3) is 11.3 Å². The number of aromatic amines is 1. The monoisotopic (exact) mass is 315 g/mol. The van der Waals surface area contributed by atoms with E-state index in [0.717, 1.165) is 5.56 Å². The molecule has 0 spiro atoms. The summed E-state index contributed by atoms with van der Waals surface area (Å²) in [6.45, 7) is 1.17. The Hall–Kier alpha value is -2.74. The van der Waals surface area contributed by atoms with E-state index in [1.54, 1.807) is 47.4 Å². The fourth-order valence-electron chi connectivity index (χ4n) is 2.60. The summed E-state index contributed by atoms with van der Waals surface area (Å²) < 4.78 is 0. The van der Waals surface area contributed by atoms with E-state index in [-0.39, 0.29) is 12.5 Å². The van der Waals surface area contributed by atoms with E-state index in [9.17, 15) is 14.7 Å². The van der Waals surface area contributed by atoms with Gasteiger partial charge in [0.1, 0.15) is 11.7 Å². The lowest BCUT2D eigenvalue weighted by molar-refractivity contribution is -0.144. The summed E-state index contributed by atoms with van der Waals surface area (Å²) in [4.78, 5) is 31.0. The smallest absolute Gasteiger partial charge is 0.322 e. The molecule has 1 amide bonds. The number of carbonyl (C=O) groups is 2. The molecule has 8 heteroatoms. The van der Waals surface area contributed by atoms with E-state index in [1.165, 1.54) is 0 Å². The van der Waals surface area contributed by atoms with Gasteiger partial charge in [0.2, 0.25) is 0 Å². The second-order valence-corrected chi connectivity index (χ2v) is 5.49. The van der Waals surface area contributed by atoms with Crippen molar-refractivity contribution in [2.75, 3.05) is 26.7 Å². The van der Waals surface area contributed by atoms with Crippen molar-refractivity contribution in [2.24, 2.45) is 0 Å². The van der Waals surface area contributed by atoms with Crippen LogP contribution >= 0.6 is 0 Å². The van der Waals surface area contributed by atoms with Crippen LogP contribution in [0.4, 0.5) is 0 Å². The van der Waals surface area contributed by atoms with E-state index in [2.05, 4.69) is 15.2 Å². The first-order valence-electron chi connectivity index (χ1n) is 7.24. The first-order chi connectivity index (χ1) is 11.1. The number of likely N-dealkylation sites (N-methyl/N-ethyl adjacent to an activating group) is 1. The van der Waals surface area contributed by atoms with Gasteiger partial charge in [-0.05, 0) is 25.2 Å². The predicted octanol–water partition coefficient (Wildman–Crippen LogP) is 0.312. The molecule has 23 heavy (non-hydrogen) atoms. The molecule has 0 aliphatic carbocycles. The maximum absolute atomic E-state index is 12.6. The Bertz CT molecular complexity index is 715. The second kappa shape index (κ2) is 6.17. The van der Waals surface area contributed by atoms with Crippen molar-refractivity contribution < 1.29 is 14.7 Å². The van der Waals surface area contributed by atoms with Crippen LogP contribution in [0, 0.1) is 0 Å². The van der Waals surface area contributed by atoms with Gasteiger partial charge in [-0.3, -0.25) is 24.6 Å². The number of amides is 1. The van der Waals surface area contributed by atoms with Crippen LogP contribution in [0.1, 0.15) is 10.5 Å². The third-order valence-corrected chi connectivity index (χ3v) is 4.00. The van der Waals surface area contributed by atoms with Crippen molar-refractivity contribution in [2.45, 2.75) is 6.04 Å². The molecule has 3 heterocycles. The van der Waals surface area contributed by atoms with Gasteiger partial charge in [-0.15, -0.1) is 0 Å². The van der Waals surface area contributed by atoms with Crippen LogP contribution in [-0.2, 0) is 4.79 Å². The molecule has 0 aromatic carbocycles. The number of aromatic nitrogens is 3. The summed E-state index contributed by atoms with van der Waals surface area (Å²) in [6.07, 6.45) is 3.31. The summed E-state index contributed by atoms with van der Waals surface area (Å²) in [5.41, 5.74) is 1.86. The molecule has 1 aliphatic rings. The summed E-state index contributed by atoms with van der Waals surface area (Å²) in [7, 11) is 1.75. The van der Waals surface area contributed by atoms with E-state index in [4.69, 9.17) is 0 Å². The molecule has 1 atom stereocenters. The minimum atomic E-state index is -0.924. The number of H-pyrrole nitrogens is 1. The second-order valence-electron chi connectivity index (χ2n) is 5.49. The number of aliphatic carboxylic acids is 1. The van der Waals surface area contributed by atoms with Gasteiger partial charge in [0.25, 0.3) is 5.91 Å². The molecular formula is C15H17N5O3. The summed E-state index contributed by atoms with van der Waals surface area (Å²) in [5, 5.41) is 16.1. The van der Waals surface area contributed by atoms with E-state index < -0.39 is 12.0 Å². The molecular weight excluding hydrogens is 298 g/mol. The Morgan fingerprint density at radius 1 is 1.30 bits per heavy atom. The van der Waals surface area contributed by atoms with Gasteiger partial charge in [0.05, 0.1) is 5.69 Å². The molecule has 2 aromatic rings. The molecule has 1 saturated heterocycles. The number of rotatable bonds is 3. The van der Waals surface area contributed by atoms with Gasteiger partial charge in [-0.2, -0.15) is 5.10 Å². The Morgan fingerprint density at radius 2 is 2.04 bits per heavy atom. The number of hydrogen-bond acceptors (Lipinski definition) is 5. The average Bonchev–Trinajstić information content (AvgIpc) is 3.05. The standard InChI is InChI=1S/C15H17N5O3/c1-19-6-7-20(9-13(19)15(22)23)14(21)12-8-11(17-18-12)10-2-4-16-5-3-10/h2-5,8,13H,6-7,9H2,1H3,(H,17,18)(H,22,23). The fraction of sp³-hybridized carbons (Fsp3) is 0.333. The Labute approximate surface area is 132 Å². The van der Waals surface area contributed by atoms with Crippen molar-refractivity contribution in [3.63, 3.8) is 0 Å². The topological polar surface area (TPSA) is 102 Å². The highest BCUT2D eigenvalue weighted by Crippen LogP contribution is 2.18. The quantitative estimate of drug-likeness (QED) is 0.845. The highest BCUT2D eigenvalue weighted by atomic mass is 16.4. The minimum Gasteiger partial charge on any atom is -0.480 e. The van der Waals surface area contributed by atoms with Crippen LogP contribution in [0.5, 0.6) is 0 Å². The predicted molar refractivity (Wildman–Crippen MR) is 81.8 cm³/mol. The number of nitrogens with zero attached hydrogens (tertiary/aromatic N) is 4. The summed E-state index contributed by atoms with van der Waals surface area (Å²) in [5.74, 6) is -1.16. The number of carbonyl (C=O) groups excluding carboxylic acids is 1. The number of piperazine rings is 1. The van der Waals surface area contributed by atoms with E-state index >= 15 is 0 Å². The highest BCUT2D eigenvalue weighted by molar-refractivity contribution is 5.94. The number of pyridine rings is 1. The van der Waals surface area contributed by atoms with Crippen LogP contribution in [0.2, 0.25) is 0 Å². The number of hydrogen-bond donors (Lipinski definition) is 2. The maximum atomic E-state index is 12.6. The normalized spacial score (nSPS) is 18.8. The van der Waals surface area contributed by atoms with Gasteiger partial charge in [-0.25, -0.2) is 0 Å². The van der Waals surface area contributed by atoms with Gasteiger partial charge < -0.3 is 10.0 Å². The van der Waals surface area contributed by atoms with Crippen molar-refractivity contribution >= 4 is 11.9 Å². The third kappa shape index (κ3) is 3.07. The highest BCUT2D eigenvalue weighted by Gasteiger charge is 2.32. The molecule has 1 unspecified atom stereocenters. The maximum Gasteiger partial charge on any atom is 0.322 e. The SMILES string of the molecule is CN1CCN(C(=O)c2cc(-c3ccncc3)n[nH]2)CC1C(=O)O. The Balaban J connectivity index is 1.76. The van der Waals surface area contributed by atoms with Gasteiger partial charge in [0, 0.05) is 37.6 Å². The third-order valence-electron chi connectivity index (χ3n) is 4.00. The molecule has 0 saturated carbocycles. The molecule has 2 aromatic heterocycles. The first kappa shape index (κ1) is 15.2. The first-order valence-corrected chi connectivity index (χ1v) is 7.24. The molecule has 3 rings (SSSR count). The number of carboxylic acid groups (broad SMARTS) is 1. The van der Waals surface area contributed by atoms with Crippen molar-refractivity contribution in [3.8, 4) is 11.3 Å². The molecule has 1 fully saturated rings. The Kier molecular flexibility index (Phi) is 4.07. The van der Waals surface area contributed by atoms with E-state index in [1.807, 2.05) is 0 Å². The minimum absolute atomic E-state index is 0.161.